The van der Waals surface area contributed by atoms with Crippen LogP contribution in [0.2, 0.25) is 0 Å². The first-order valence-electron chi connectivity index (χ1n) is 6.47. The van der Waals surface area contributed by atoms with Crippen molar-refractivity contribution in [2.75, 3.05) is 6.54 Å². The van der Waals surface area contributed by atoms with Crippen LogP contribution in [-0.2, 0) is 0 Å². The van der Waals surface area contributed by atoms with Crippen molar-refractivity contribution in [2.45, 2.75) is 52.7 Å². The molecule has 0 amide bonds. The maximum Gasteiger partial charge on any atom is 0.128 e. The molecule has 0 spiro atoms. The number of benzene rings is 1. The lowest BCUT2D eigenvalue weighted by molar-refractivity contribution is 0.0654. The van der Waals surface area contributed by atoms with Crippen LogP contribution in [0.4, 0.5) is 0 Å². The minimum absolute atomic E-state index is 0.0849. The van der Waals surface area contributed by atoms with Crippen LogP contribution >= 0.6 is 0 Å². The van der Waals surface area contributed by atoms with Crippen molar-refractivity contribution in [3.8, 4) is 5.75 Å². The zero-order valence-electron chi connectivity index (χ0n) is 11.6. The molecule has 1 aromatic carbocycles. The smallest absolute Gasteiger partial charge is 0.128 e. The van der Waals surface area contributed by atoms with E-state index in [1.54, 1.807) is 0 Å². The molecule has 0 fully saturated rings. The zero-order chi connectivity index (χ0) is 12.6. The van der Waals surface area contributed by atoms with Gasteiger partial charge in [0.05, 0.1) is 0 Å². The van der Waals surface area contributed by atoms with Crippen LogP contribution in [0.1, 0.15) is 49.9 Å². The van der Waals surface area contributed by atoms with E-state index in [9.17, 15) is 0 Å². The second-order valence-electron chi connectivity index (χ2n) is 5.60. The van der Waals surface area contributed by atoms with Gasteiger partial charge >= 0.3 is 0 Å². The fourth-order valence-corrected chi connectivity index (χ4v) is 2.57. The summed E-state index contributed by atoms with van der Waals surface area (Å²) in [7, 11) is 0. The molecule has 2 nitrogen and oxygen atoms in total. The lowest BCUT2D eigenvalue weighted by atomic mass is 9.87. The van der Waals surface area contributed by atoms with Crippen molar-refractivity contribution in [3.05, 3.63) is 28.8 Å². The minimum Gasteiger partial charge on any atom is -0.487 e. The molecule has 0 radical (unpaired) electrons. The Bertz CT molecular complexity index is 423. The molecule has 94 valence electrons. The molecule has 1 heterocycles. The summed E-state index contributed by atoms with van der Waals surface area (Å²) >= 11 is 0. The van der Waals surface area contributed by atoms with Gasteiger partial charge in [0.15, 0.2) is 0 Å². The molecule has 0 aliphatic carbocycles. The molecule has 0 saturated heterocycles. The first-order valence-corrected chi connectivity index (χ1v) is 6.47. The summed E-state index contributed by atoms with van der Waals surface area (Å²) in [6, 6.07) is 4.82. The Kier molecular flexibility index (Phi) is 3.17. The van der Waals surface area contributed by atoms with Gasteiger partial charge in [-0.2, -0.15) is 0 Å². The third-order valence-electron chi connectivity index (χ3n) is 3.61. The average Bonchev–Trinajstić information content (AvgIpc) is 2.23. The highest BCUT2D eigenvalue weighted by atomic mass is 16.5. The summed E-state index contributed by atoms with van der Waals surface area (Å²) in [4.78, 5) is 0. The van der Waals surface area contributed by atoms with Crippen LogP contribution in [-0.4, -0.2) is 12.1 Å². The number of hydrogen-bond donors (Lipinski definition) is 1. The van der Waals surface area contributed by atoms with Crippen LogP contribution < -0.4 is 10.1 Å². The Balaban J connectivity index is 2.48. The molecular formula is C15H23NO. The SMILES string of the molecule is CCNC1CC(C)(C)Oc2c1ccc(C)c2C. The summed E-state index contributed by atoms with van der Waals surface area (Å²) in [5, 5.41) is 3.56. The second-order valence-corrected chi connectivity index (χ2v) is 5.60. The Labute approximate surface area is 104 Å². The van der Waals surface area contributed by atoms with Crippen LogP contribution in [0.3, 0.4) is 0 Å². The molecule has 0 saturated carbocycles. The Hall–Kier alpha value is -1.02. The Morgan fingerprint density at radius 3 is 2.71 bits per heavy atom. The summed E-state index contributed by atoms with van der Waals surface area (Å²) < 4.78 is 6.17. The van der Waals surface area contributed by atoms with Gasteiger partial charge in [-0.25, -0.2) is 0 Å². The minimum atomic E-state index is -0.0849. The molecule has 1 aromatic rings. The number of hydrogen-bond acceptors (Lipinski definition) is 2. The number of fused-ring (bicyclic) bond motifs is 1. The molecule has 0 aromatic heterocycles. The van der Waals surface area contributed by atoms with Gasteiger partial charge in [-0.3, -0.25) is 0 Å². The molecule has 1 atom stereocenters. The van der Waals surface area contributed by atoms with Gasteiger partial charge in [0.1, 0.15) is 11.4 Å². The van der Waals surface area contributed by atoms with Gasteiger partial charge < -0.3 is 10.1 Å². The van der Waals surface area contributed by atoms with E-state index in [1.807, 2.05) is 0 Å². The van der Waals surface area contributed by atoms with E-state index in [2.05, 4.69) is 52.1 Å². The first kappa shape index (κ1) is 12.4. The normalized spacial score (nSPS) is 21.8. The lowest BCUT2D eigenvalue weighted by Crippen LogP contribution is -2.39. The predicted molar refractivity (Wildman–Crippen MR) is 71.7 cm³/mol. The van der Waals surface area contributed by atoms with Crippen molar-refractivity contribution in [2.24, 2.45) is 0 Å². The Morgan fingerprint density at radius 1 is 1.35 bits per heavy atom. The van der Waals surface area contributed by atoms with Crippen LogP contribution in [0.25, 0.3) is 0 Å². The Morgan fingerprint density at radius 2 is 2.06 bits per heavy atom. The lowest BCUT2D eigenvalue weighted by Gasteiger charge is -2.39. The molecule has 1 N–H and O–H groups in total. The van der Waals surface area contributed by atoms with Crippen molar-refractivity contribution >= 4 is 0 Å². The largest absolute Gasteiger partial charge is 0.487 e. The third-order valence-corrected chi connectivity index (χ3v) is 3.61. The molecular weight excluding hydrogens is 210 g/mol. The number of ether oxygens (including phenoxy) is 1. The van der Waals surface area contributed by atoms with Gasteiger partial charge in [0, 0.05) is 18.0 Å². The fourth-order valence-electron chi connectivity index (χ4n) is 2.57. The van der Waals surface area contributed by atoms with E-state index in [1.165, 1.54) is 16.7 Å². The molecule has 1 aliphatic rings. The zero-order valence-corrected chi connectivity index (χ0v) is 11.6. The van der Waals surface area contributed by atoms with Gasteiger partial charge in [-0.05, 0) is 45.4 Å². The predicted octanol–water partition coefficient (Wildman–Crippen LogP) is 3.52. The highest BCUT2D eigenvalue weighted by molar-refractivity contribution is 5.48. The second kappa shape index (κ2) is 4.34. The van der Waals surface area contributed by atoms with E-state index in [0.29, 0.717) is 6.04 Å². The first-order chi connectivity index (χ1) is 7.94. The summed E-state index contributed by atoms with van der Waals surface area (Å²) in [5.74, 6) is 1.09. The standard InChI is InChI=1S/C15H23NO/c1-6-16-13-9-15(4,5)17-14-11(3)10(2)7-8-12(13)14/h7-8,13,16H,6,9H2,1-5H3. The topological polar surface area (TPSA) is 21.3 Å². The van der Waals surface area contributed by atoms with E-state index >= 15 is 0 Å². The fraction of sp³-hybridized carbons (Fsp3) is 0.600. The average molecular weight is 233 g/mol. The van der Waals surface area contributed by atoms with Crippen LogP contribution in [0, 0.1) is 13.8 Å². The van der Waals surface area contributed by atoms with Crippen molar-refractivity contribution < 1.29 is 4.74 Å². The van der Waals surface area contributed by atoms with Crippen molar-refractivity contribution in [1.29, 1.82) is 0 Å². The maximum atomic E-state index is 6.17. The van der Waals surface area contributed by atoms with Crippen molar-refractivity contribution in [1.82, 2.24) is 5.32 Å². The molecule has 2 rings (SSSR count). The molecule has 0 bridgehead atoms. The molecule has 17 heavy (non-hydrogen) atoms. The van der Waals surface area contributed by atoms with Gasteiger partial charge in [-0.1, -0.05) is 19.1 Å². The number of aryl methyl sites for hydroxylation is 1. The van der Waals surface area contributed by atoms with E-state index < -0.39 is 0 Å². The van der Waals surface area contributed by atoms with E-state index in [0.717, 1.165) is 18.7 Å². The van der Waals surface area contributed by atoms with E-state index in [-0.39, 0.29) is 5.60 Å². The van der Waals surface area contributed by atoms with Gasteiger partial charge in [-0.15, -0.1) is 0 Å². The summed E-state index contributed by atoms with van der Waals surface area (Å²) in [5.41, 5.74) is 3.81. The number of nitrogens with one attached hydrogen (secondary N) is 1. The summed E-state index contributed by atoms with van der Waals surface area (Å²) in [6.07, 6.45) is 1.02. The number of rotatable bonds is 2. The quantitative estimate of drug-likeness (QED) is 0.844. The summed E-state index contributed by atoms with van der Waals surface area (Å²) in [6.45, 7) is 11.8. The highest BCUT2D eigenvalue weighted by Crippen LogP contribution is 2.42. The molecule has 1 aliphatic heterocycles. The van der Waals surface area contributed by atoms with Crippen LogP contribution in [0.15, 0.2) is 12.1 Å². The van der Waals surface area contributed by atoms with Crippen molar-refractivity contribution in [3.63, 3.8) is 0 Å². The third kappa shape index (κ3) is 2.32. The van der Waals surface area contributed by atoms with E-state index in [4.69, 9.17) is 4.74 Å². The maximum absolute atomic E-state index is 6.17. The highest BCUT2D eigenvalue weighted by Gasteiger charge is 2.34. The van der Waals surface area contributed by atoms with Crippen LogP contribution in [0.5, 0.6) is 5.75 Å². The van der Waals surface area contributed by atoms with Gasteiger partial charge in [0.2, 0.25) is 0 Å². The molecule has 2 heteroatoms. The molecule has 1 unspecified atom stereocenters. The monoisotopic (exact) mass is 233 g/mol. The van der Waals surface area contributed by atoms with Gasteiger partial charge in [0.25, 0.3) is 0 Å².